The van der Waals surface area contributed by atoms with E-state index in [1.807, 2.05) is 66.4 Å². The van der Waals surface area contributed by atoms with Gasteiger partial charge in [-0.1, -0.05) is 121 Å². The van der Waals surface area contributed by atoms with E-state index in [2.05, 4.69) is 91.0 Å². The highest BCUT2D eigenvalue weighted by atomic mass is 32.2. The Morgan fingerprint density at radius 1 is 0.422 bits per heavy atom. The summed E-state index contributed by atoms with van der Waals surface area (Å²) in [7, 11) is 0. The maximum atomic E-state index is 6.03. The molecule has 1 aromatic heterocycles. The first kappa shape index (κ1) is 25.9. The van der Waals surface area contributed by atoms with Crippen molar-refractivity contribution in [2.24, 2.45) is 0 Å². The average Bonchev–Trinajstić information content (AvgIpc) is 3.40. The SMILES string of the molecule is Nc1ccc(-c2nc(-c3ccccc3)nc(-c3cccc4c3-c3ccccc3C43c4ccccc4Sc4ccccc43)n2)cc1. The van der Waals surface area contributed by atoms with Crippen LogP contribution in [0.2, 0.25) is 0 Å². The standard InChI is InChI=1S/C40H26N4S/c41-27-23-21-26(22-24-27)38-42-37(25-11-2-1-3-12-25)43-39(44-38)29-14-10-18-33-36(29)28-13-4-5-15-30(28)40(33)31-16-6-8-19-34(31)45-35-20-9-7-17-32(35)40/h1-24H,41H2. The second kappa shape index (κ2) is 10.0. The second-order valence-corrected chi connectivity index (χ2v) is 12.5. The Morgan fingerprint density at radius 2 is 0.933 bits per heavy atom. The fraction of sp³-hybridized carbons (Fsp3) is 0.0250. The van der Waals surface area contributed by atoms with Gasteiger partial charge in [0.25, 0.3) is 0 Å². The Bertz CT molecular complexity index is 2220. The quantitative estimate of drug-likeness (QED) is 0.207. The van der Waals surface area contributed by atoms with Crippen LogP contribution in [0.5, 0.6) is 0 Å². The van der Waals surface area contributed by atoms with Gasteiger partial charge >= 0.3 is 0 Å². The lowest BCUT2D eigenvalue weighted by atomic mass is 9.67. The normalized spacial score (nSPS) is 13.5. The van der Waals surface area contributed by atoms with E-state index in [9.17, 15) is 0 Å². The van der Waals surface area contributed by atoms with Gasteiger partial charge in [0.05, 0.1) is 5.41 Å². The zero-order chi connectivity index (χ0) is 30.0. The van der Waals surface area contributed by atoms with Crippen molar-refractivity contribution in [3.63, 3.8) is 0 Å². The summed E-state index contributed by atoms with van der Waals surface area (Å²) in [5.41, 5.74) is 16.6. The van der Waals surface area contributed by atoms with Crippen molar-refractivity contribution >= 4 is 17.4 Å². The molecule has 1 spiro atoms. The topological polar surface area (TPSA) is 64.7 Å². The van der Waals surface area contributed by atoms with Crippen molar-refractivity contribution < 1.29 is 0 Å². The van der Waals surface area contributed by atoms with Crippen LogP contribution in [-0.2, 0) is 5.41 Å². The number of nitrogens with zero attached hydrogens (tertiary/aromatic N) is 3. The Balaban J connectivity index is 1.36. The van der Waals surface area contributed by atoms with Crippen LogP contribution in [0.1, 0.15) is 22.3 Å². The van der Waals surface area contributed by atoms with Crippen LogP contribution in [0, 0.1) is 0 Å². The molecule has 7 aromatic rings. The Labute approximate surface area is 265 Å². The Kier molecular flexibility index (Phi) is 5.77. The van der Waals surface area contributed by atoms with Crippen molar-refractivity contribution in [2.45, 2.75) is 15.2 Å². The molecule has 0 saturated carbocycles. The first-order valence-electron chi connectivity index (χ1n) is 15.0. The monoisotopic (exact) mass is 594 g/mol. The van der Waals surface area contributed by atoms with Gasteiger partial charge in [-0.3, -0.25) is 0 Å². The maximum Gasteiger partial charge on any atom is 0.164 e. The third-order valence-corrected chi connectivity index (χ3v) is 10.1. The third-order valence-electron chi connectivity index (χ3n) is 8.95. The molecule has 2 N–H and O–H groups in total. The fourth-order valence-corrected chi connectivity index (χ4v) is 8.26. The smallest absolute Gasteiger partial charge is 0.164 e. The van der Waals surface area contributed by atoms with Crippen LogP contribution in [0.25, 0.3) is 45.3 Å². The van der Waals surface area contributed by atoms with Gasteiger partial charge in [-0.05, 0) is 69.8 Å². The number of aromatic nitrogens is 3. The number of rotatable bonds is 3. The Hall–Kier alpha value is -5.52. The van der Waals surface area contributed by atoms with Crippen molar-refractivity contribution in [3.05, 3.63) is 168 Å². The largest absolute Gasteiger partial charge is 0.399 e. The van der Waals surface area contributed by atoms with Crippen molar-refractivity contribution in [3.8, 4) is 45.3 Å². The second-order valence-electron chi connectivity index (χ2n) is 11.4. The first-order chi connectivity index (χ1) is 22.2. The van der Waals surface area contributed by atoms with Gasteiger partial charge in [-0.25, -0.2) is 15.0 Å². The predicted molar refractivity (Wildman–Crippen MR) is 182 cm³/mol. The molecule has 0 radical (unpaired) electrons. The molecule has 2 aliphatic rings. The van der Waals surface area contributed by atoms with E-state index in [1.54, 1.807) is 0 Å². The molecule has 1 aliphatic heterocycles. The van der Waals surface area contributed by atoms with E-state index in [-0.39, 0.29) is 0 Å². The molecule has 1 aliphatic carbocycles. The number of nitrogen functional groups attached to an aromatic ring is 1. The lowest BCUT2D eigenvalue weighted by Crippen LogP contribution is -2.31. The van der Waals surface area contributed by atoms with Gasteiger partial charge in [-0.15, -0.1) is 0 Å². The summed E-state index contributed by atoms with van der Waals surface area (Å²) in [4.78, 5) is 17.8. The molecule has 0 amide bonds. The molecule has 9 rings (SSSR count). The number of hydrogen-bond acceptors (Lipinski definition) is 5. The molecule has 0 saturated heterocycles. The summed E-state index contributed by atoms with van der Waals surface area (Å²) in [6.07, 6.45) is 0. The number of benzene rings is 6. The minimum Gasteiger partial charge on any atom is -0.399 e. The number of anilines is 1. The molecule has 0 fully saturated rings. The van der Waals surface area contributed by atoms with Gasteiger partial charge in [0.1, 0.15) is 0 Å². The van der Waals surface area contributed by atoms with Crippen LogP contribution in [-0.4, -0.2) is 15.0 Å². The van der Waals surface area contributed by atoms with Crippen molar-refractivity contribution in [1.82, 2.24) is 15.0 Å². The highest BCUT2D eigenvalue weighted by Gasteiger charge is 2.50. The van der Waals surface area contributed by atoms with Crippen LogP contribution in [0.3, 0.4) is 0 Å². The van der Waals surface area contributed by atoms with E-state index in [1.165, 1.54) is 37.6 Å². The van der Waals surface area contributed by atoms with Crippen LogP contribution >= 0.6 is 11.8 Å². The molecule has 6 aromatic carbocycles. The lowest BCUT2D eigenvalue weighted by Gasteiger charge is -2.39. The zero-order valence-electron chi connectivity index (χ0n) is 24.2. The van der Waals surface area contributed by atoms with Gasteiger partial charge in [-0.2, -0.15) is 0 Å². The van der Waals surface area contributed by atoms with Crippen LogP contribution in [0.15, 0.2) is 155 Å². The minimum atomic E-state index is -0.463. The number of hydrogen-bond donors (Lipinski definition) is 1. The van der Waals surface area contributed by atoms with Gasteiger partial charge in [0, 0.05) is 32.2 Å². The van der Waals surface area contributed by atoms with E-state index in [0.717, 1.165) is 22.3 Å². The van der Waals surface area contributed by atoms with Crippen LogP contribution < -0.4 is 5.73 Å². The molecule has 4 nitrogen and oxygen atoms in total. The molecule has 0 bridgehead atoms. The molecule has 0 atom stereocenters. The highest BCUT2D eigenvalue weighted by molar-refractivity contribution is 7.99. The Morgan fingerprint density at radius 3 is 1.62 bits per heavy atom. The predicted octanol–water partition coefficient (Wildman–Crippen LogP) is 9.28. The van der Waals surface area contributed by atoms with Crippen molar-refractivity contribution in [2.75, 3.05) is 5.73 Å². The summed E-state index contributed by atoms with van der Waals surface area (Å²) < 4.78 is 0. The number of fused-ring (bicyclic) bond motifs is 9. The fourth-order valence-electron chi connectivity index (χ4n) is 7.06. The molecule has 45 heavy (non-hydrogen) atoms. The van der Waals surface area contributed by atoms with Crippen molar-refractivity contribution in [1.29, 1.82) is 0 Å². The molecule has 212 valence electrons. The van der Waals surface area contributed by atoms with E-state index in [4.69, 9.17) is 20.7 Å². The van der Waals surface area contributed by atoms with Gasteiger partial charge in [0.15, 0.2) is 17.5 Å². The van der Waals surface area contributed by atoms with E-state index in [0.29, 0.717) is 23.2 Å². The lowest BCUT2D eigenvalue weighted by molar-refractivity contribution is 0.722. The minimum absolute atomic E-state index is 0.463. The summed E-state index contributed by atoms with van der Waals surface area (Å²) in [5, 5.41) is 0. The molecule has 2 heterocycles. The molecular weight excluding hydrogens is 569 g/mol. The summed E-state index contributed by atoms with van der Waals surface area (Å²) in [6, 6.07) is 51.0. The number of nitrogens with two attached hydrogens (primary N) is 1. The molecule has 0 unspecified atom stereocenters. The van der Waals surface area contributed by atoms with Gasteiger partial charge in [0.2, 0.25) is 0 Å². The van der Waals surface area contributed by atoms with Gasteiger partial charge < -0.3 is 5.73 Å². The van der Waals surface area contributed by atoms with E-state index < -0.39 is 5.41 Å². The summed E-state index contributed by atoms with van der Waals surface area (Å²) in [6.45, 7) is 0. The highest BCUT2D eigenvalue weighted by Crippen LogP contribution is 2.63. The maximum absolute atomic E-state index is 6.03. The average molecular weight is 595 g/mol. The molecule has 5 heteroatoms. The van der Waals surface area contributed by atoms with Crippen LogP contribution in [0.4, 0.5) is 5.69 Å². The first-order valence-corrected chi connectivity index (χ1v) is 15.8. The summed E-state index contributed by atoms with van der Waals surface area (Å²) >= 11 is 1.85. The zero-order valence-corrected chi connectivity index (χ0v) is 25.0. The summed E-state index contributed by atoms with van der Waals surface area (Å²) in [5.74, 6) is 1.89. The third kappa shape index (κ3) is 3.84. The molecular formula is C40H26N4S. The van der Waals surface area contributed by atoms with E-state index >= 15 is 0 Å².